The van der Waals surface area contributed by atoms with E-state index in [2.05, 4.69) is 10.1 Å². The third-order valence-corrected chi connectivity index (χ3v) is 3.22. The summed E-state index contributed by atoms with van der Waals surface area (Å²) in [5.74, 6) is -1.14. The number of carboxylic acid groups (broad SMARTS) is 1. The quantitative estimate of drug-likeness (QED) is 0.782. The number of fused-ring (bicyclic) bond motifs is 1. The third-order valence-electron chi connectivity index (χ3n) is 3.22. The van der Waals surface area contributed by atoms with Crippen LogP contribution in [-0.4, -0.2) is 30.2 Å². The molecule has 21 heavy (non-hydrogen) atoms. The first kappa shape index (κ1) is 13.0. The molecule has 3 heterocycles. The van der Waals surface area contributed by atoms with Crippen molar-refractivity contribution in [1.82, 2.24) is 19.2 Å². The normalized spacial score (nSPS) is 10.9. The summed E-state index contributed by atoms with van der Waals surface area (Å²) in [5, 5.41) is 13.4. The Labute approximate surface area is 119 Å². The zero-order valence-electron chi connectivity index (χ0n) is 11.2. The SMILES string of the molecule is CCn1c(C(=O)O)cc(=O)n2nc(-c3cccnc3)cc12. The van der Waals surface area contributed by atoms with Crippen molar-refractivity contribution < 1.29 is 9.90 Å². The van der Waals surface area contributed by atoms with Gasteiger partial charge in [-0.1, -0.05) is 0 Å². The molecule has 0 amide bonds. The highest BCUT2D eigenvalue weighted by molar-refractivity contribution is 5.86. The highest BCUT2D eigenvalue weighted by Crippen LogP contribution is 2.18. The minimum atomic E-state index is -1.14. The predicted molar refractivity (Wildman–Crippen MR) is 75.3 cm³/mol. The van der Waals surface area contributed by atoms with Crippen molar-refractivity contribution in [3.63, 3.8) is 0 Å². The van der Waals surface area contributed by atoms with E-state index in [-0.39, 0.29) is 5.69 Å². The first-order valence-electron chi connectivity index (χ1n) is 6.39. The molecule has 3 aromatic rings. The van der Waals surface area contributed by atoms with Crippen LogP contribution < -0.4 is 5.56 Å². The monoisotopic (exact) mass is 284 g/mol. The summed E-state index contributed by atoms with van der Waals surface area (Å²) in [6, 6.07) is 6.37. The van der Waals surface area contributed by atoms with Gasteiger partial charge in [0.05, 0.1) is 5.69 Å². The van der Waals surface area contributed by atoms with Gasteiger partial charge in [0.15, 0.2) is 0 Å². The summed E-state index contributed by atoms with van der Waals surface area (Å²) in [5.41, 5.74) is 1.26. The van der Waals surface area contributed by atoms with E-state index in [9.17, 15) is 14.7 Å². The Balaban J connectivity index is 2.33. The van der Waals surface area contributed by atoms with Crippen molar-refractivity contribution in [2.75, 3.05) is 0 Å². The van der Waals surface area contributed by atoms with Crippen LogP contribution in [0.25, 0.3) is 16.9 Å². The average molecular weight is 284 g/mol. The van der Waals surface area contributed by atoms with E-state index in [4.69, 9.17) is 0 Å². The molecule has 0 atom stereocenters. The van der Waals surface area contributed by atoms with Gasteiger partial charge < -0.3 is 9.67 Å². The van der Waals surface area contributed by atoms with Crippen LogP contribution >= 0.6 is 0 Å². The third kappa shape index (κ3) is 2.08. The lowest BCUT2D eigenvalue weighted by molar-refractivity contribution is 0.0684. The first-order valence-corrected chi connectivity index (χ1v) is 6.39. The van der Waals surface area contributed by atoms with Gasteiger partial charge in [-0.2, -0.15) is 9.61 Å². The van der Waals surface area contributed by atoms with E-state index in [1.807, 2.05) is 13.0 Å². The number of hydrogen-bond donors (Lipinski definition) is 1. The molecule has 106 valence electrons. The Kier molecular flexibility index (Phi) is 3.02. The van der Waals surface area contributed by atoms with Crippen molar-refractivity contribution in [2.24, 2.45) is 0 Å². The van der Waals surface area contributed by atoms with Crippen molar-refractivity contribution in [3.05, 3.63) is 52.7 Å². The van der Waals surface area contributed by atoms with Crippen molar-refractivity contribution in [3.8, 4) is 11.3 Å². The highest BCUT2D eigenvalue weighted by atomic mass is 16.4. The molecule has 7 nitrogen and oxygen atoms in total. The Hall–Kier alpha value is -2.96. The minimum Gasteiger partial charge on any atom is -0.477 e. The smallest absolute Gasteiger partial charge is 0.352 e. The lowest BCUT2D eigenvalue weighted by atomic mass is 10.2. The Morgan fingerprint density at radius 3 is 2.81 bits per heavy atom. The summed E-state index contributed by atoms with van der Waals surface area (Å²) in [6.45, 7) is 2.23. The molecule has 0 aliphatic rings. The number of hydrogen-bond acceptors (Lipinski definition) is 4. The fraction of sp³-hybridized carbons (Fsp3) is 0.143. The van der Waals surface area contributed by atoms with Crippen LogP contribution in [0, 0.1) is 0 Å². The van der Waals surface area contributed by atoms with Gasteiger partial charge in [-0.3, -0.25) is 9.78 Å². The van der Waals surface area contributed by atoms with Crippen molar-refractivity contribution in [2.45, 2.75) is 13.5 Å². The molecule has 0 saturated carbocycles. The second-order valence-electron chi connectivity index (χ2n) is 4.46. The predicted octanol–water partition coefficient (Wildman–Crippen LogP) is 1.28. The van der Waals surface area contributed by atoms with Gasteiger partial charge >= 0.3 is 5.97 Å². The molecule has 0 unspecified atom stereocenters. The van der Waals surface area contributed by atoms with Crippen LogP contribution in [-0.2, 0) is 6.54 Å². The number of carboxylic acids is 1. The fourth-order valence-corrected chi connectivity index (χ4v) is 2.27. The molecule has 0 aliphatic carbocycles. The van der Waals surface area contributed by atoms with E-state index < -0.39 is 11.5 Å². The molecule has 3 rings (SSSR count). The number of carbonyl (C=O) groups is 1. The summed E-state index contributed by atoms with van der Waals surface area (Å²) in [7, 11) is 0. The lowest BCUT2D eigenvalue weighted by Gasteiger charge is -2.09. The molecular weight excluding hydrogens is 272 g/mol. The number of pyridine rings is 1. The van der Waals surface area contributed by atoms with Gasteiger partial charge in [0.2, 0.25) is 0 Å². The molecule has 3 aromatic heterocycles. The van der Waals surface area contributed by atoms with Gasteiger partial charge in [0, 0.05) is 36.6 Å². The molecule has 0 aliphatic heterocycles. The number of rotatable bonds is 3. The van der Waals surface area contributed by atoms with Crippen LogP contribution in [0.1, 0.15) is 17.4 Å². The Morgan fingerprint density at radius 2 is 2.19 bits per heavy atom. The summed E-state index contributed by atoms with van der Waals surface area (Å²) >= 11 is 0. The van der Waals surface area contributed by atoms with Crippen molar-refractivity contribution in [1.29, 1.82) is 0 Å². The molecule has 0 aromatic carbocycles. The first-order chi connectivity index (χ1) is 10.1. The van der Waals surface area contributed by atoms with Gasteiger partial charge in [-0.25, -0.2) is 4.79 Å². The summed E-state index contributed by atoms with van der Waals surface area (Å²) in [6.07, 6.45) is 3.29. The maximum absolute atomic E-state index is 12.0. The van der Waals surface area contributed by atoms with Crippen molar-refractivity contribution >= 4 is 11.6 Å². The Morgan fingerprint density at radius 1 is 1.38 bits per heavy atom. The van der Waals surface area contributed by atoms with Crippen LogP contribution in [0.15, 0.2) is 41.5 Å². The van der Waals surface area contributed by atoms with Gasteiger partial charge in [-0.15, -0.1) is 0 Å². The fourth-order valence-electron chi connectivity index (χ4n) is 2.27. The molecule has 1 N–H and O–H groups in total. The van der Waals surface area contributed by atoms with Gasteiger partial charge in [-0.05, 0) is 19.1 Å². The highest BCUT2D eigenvalue weighted by Gasteiger charge is 2.16. The van der Waals surface area contributed by atoms with Gasteiger partial charge in [0.25, 0.3) is 5.56 Å². The number of nitrogens with zero attached hydrogens (tertiary/aromatic N) is 4. The standard InChI is InChI=1S/C14H12N4O3/c1-2-17-11(14(20)21)7-13(19)18-12(17)6-10(16-18)9-4-3-5-15-8-9/h3-8H,2H2,1H3,(H,20,21). The zero-order valence-corrected chi connectivity index (χ0v) is 11.2. The lowest BCUT2D eigenvalue weighted by Crippen LogP contribution is -2.23. The molecule has 0 radical (unpaired) electrons. The van der Waals surface area contributed by atoms with E-state index in [0.717, 1.165) is 11.6 Å². The second kappa shape index (κ2) is 4.86. The molecule has 0 fully saturated rings. The van der Waals surface area contributed by atoms with Gasteiger partial charge in [0.1, 0.15) is 11.3 Å². The minimum absolute atomic E-state index is 0.0485. The molecule has 0 spiro atoms. The topological polar surface area (TPSA) is 89.5 Å². The van der Waals surface area contributed by atoms with E-state index in [0.29, 0.717) is 17.9 Å². The molecule has 7 heteroatoms. The average Bonchev–Trinajstić information content (AvgIpc) is 2.93. The molecule has 0 bridgehead atoms. The van der Waals surface area contributed by atoms with Crippen LogP contribution in [0.2, 0.25) is 0 Å². The van der Waals surface area contributed by atoms with Crippen LogP contribution in [0.3, 0.4) is 0 Å². The summed E-state index contributed by atoms with van der Waals surface area (Å²) < 4.78 is 2.74. The number of aryl methyl sites for hydroxylation is 1. The van der Waals surface area contributed by atoms with E-state index >= 15 is 0 Å². The van der Waals surface area contributed by atoms with Crippen LogP contribution in [0.5, 0.6) is 0 Å². The zero-order chi connectivity index (χ0) is 15.0. The van der Waals surface area contributed by atoms with E-state index in [1.165, 1.54) is 9.08 Å². The van der Waals surface area contributed by atoms with E-state index in [1.54, 1.807) is 24.5 Å². The Bertz CT molecular complexity index is 880. The molecule has 0 saturated heterocycles. The maximum Gasteiger partial charge on any atom is 0.352 e. The largest absolute Gasteiger partial charge is 0.477 e. The number of aromatic carboxylic acids is 1. The number of aromatic nitrogens is 4. The maximum atomic E-state index is 12.0. The van der Waals surface area contributed by atoms with Crippen LogP contribution in [0.4, 0.5) is 0 Å². The second-order valence-corrected chi connectivity index (χ2v) is 4.46. The summed E-state index contributed by atoms with van der Waals surface area (Å²) in [4.78, 5) is 27.3. The molecular formula is C14H12N4O3.